The minimum absolute atomic E-state index is 0.259. The van der Waals surface area contributed by atoms with Crippen LogP contribution in [-0.4, -0.2) is 11.7 Å². The maximum absolute atomic E-state index is 9.55. The average Bonchev–Trinajstić information content (AvgIpc) is 2.13. The predicted molar refractivity (Wildman–Crippen MR) is 54.3 cm³/mol. The molecule has 0 atom stereocenters. The predicted octanol–water partition coefficient (Wildman–Crippen LogP) is 2.20. The average molecular weight is 246 g/mol. The summed E-state index contributed by atoms with van der Waals surface area (Å²) >= 11 is 3.24. The number of aromatic hydroxyl groups is 1. The Kier molecular flexibility index (Phi) is 4.21. The van der Waals surface area contributed by atoms with Gasteiger partial charge in [-0.1, -0.05) is 12.1 Å². The number of rotatable bonds is 4. The lowest BCUT2D eigenvalue weighted by molar-refractivity contribution is 0.0459. The van der Waals surface area contributed by atoms with Crippen LogP contribution in [0.25, 0.3) is 0 Å². The van der Waals surface area contributed by atoms with Crippen molar-refractivity contribution in [3.63, 3.8) is 0 Å². The number of benzene rings is 1. The van der Waals surface area contributed by atoms with E-state index in [4.69, 9.17) is 4.84 Å². The molecule has 0 aromatic heterocycles. The van der Waals surface area contributed by atoms with Gasteiger partial charge in [0.2, 0.25) is 0 Å². The maximum atomic E-state index is 9.55. The Hall–Kier alpha value is -0.580. The number of hydrogen-bond acceptors (Lipinski definition) is 3. The van der Waals surface area contributed by atoms with Crippen molar-refractivity contribution < 1.29 is 9.94 Å². The number of para-hydroxylation sites is 1. The molecule has 0 aliphatic rings. The van der Waals surface area contributed by atoms with Gasteiger partial charge >= 0.3 is 0 Å². The quantitative estimate of drug-likeness (QED) is 0.632. The largest absolute Gasteiger partial charge is 0.506 e. The first kappa shape index (κ1) is 10.5. The Bertz CT molecular complexity index is 278. The fraction of sp³-hybridized carbons (Fsp3) is 0.333. The second kappa shape index (κ2) is 5.21. The molecule has 3 nitrogen and oxygen atoms in total. The van der Waals surface area contributed by atoms with E-state index in [2.05, 4.69) is 21.4 Å². The number of hydrogen-bond donors (Lipinski definition) is 2. The van der Waals surface area contributed by atoms with Crippen LogP contribution in [0.15, 0.2) is 22.7 Å². The van der Waals surface area contributed by atoms with Gasteiger partial charge in [-0.15, -0.1) is 0 Å². The van der Waals surface area contributed by atoms with E-state index in [0.717, 1.165) is 5.56 Å². The highest BCUT2D eigenvalue weighted by atomic mass is 79.9. The van der Waals surface area contributed by atoms with E-state index in [1.54, 1.807) is 6.07 Å². The van der Waals surface area contributed by atoms with Gasteiger partial charge in [-0.25, -0.2) is 0 Å². The van der Waals surface area contributed by atoms with Crippen molar-refractivity contribution in [3.8, 4) is 5.75 Å². The zero-order valence-electron chi connectivity index (χ0n) is 7.38. The molecule has 72 valence electrons. The molecular formula is C9H12BrNO2. The van der Waals surface area contributed by atoms with Crippen LogP contribution in [0.2, 0.25) is 0 Å². The van der Waals surface area contributed by atoms with E-state index in [-0.39, 0.29) is 5.75 Å². The van der Waals surface area contributed by atoms with Gasteiger partial charge in [-0.05, 0) is 28.9 Å². The van der Waals surface area contributed by atoms with E-state index in [9.17, 15) is 5.11 Å². The van der Waals surface area contributed by atoms with Gasteiger partial charge in [-0.2, -0.15) is 5.48 Å². The van der Waals surface area contributed by atoms with Crippen LogP contribution in [0.3, 0.4) is 0 Å². The zero-order chi connectivity index (χ0) is 9.68. The highest BCUT2D eigenvalue weighted by Gasteiger charge is 2.03. The van der Waals surface area contributed by atoms with E-state index >= 15 is 0 Å². The molecule has 1 aromatic carbocycles. The molecule has 0 saturated carbocycles. The molecule has 13 heavy (non-hydrogen) atoms. The monoisotopic (exact) mass is 245 g/mol. The summed E-state index contributed by atoms with van der Waals surface area (Å²) in [4.78, 5) is 4.96. The summed E-state index contributed by atoms with van der Waals surface area (Å²) in [5, 5.41) is 9.55. The summed E-state index contributed by atoms with van der Waals surface area (Å²) in [7, 11) is 0. The smallest absolute Gasteiger partial charge is 0.134 e. The van der Waals surface area contributed by atoms with Crippen molar-refractivity contribution in [2.75, 3.05) is 6.61 Å². The number of halogens is 1. The van der Waals surface area contributed by atoms with Crippen molar-refractivity contribution in [1.29, 1.82) is 0 Å². The lowest BCUT2D eigenvalue weighted by atomic mass is 10.2. The molecule has 0 fully saturated rings. The van der Waals surface area contributed by atoms with E-state index in [1.807, 2.05) is 19.1 Å². The van der Waals surface area contributed by atoms with Crippen LogP contribution in [0, 0.1) is 0 Å². The molecule has 0 bridgehead atoms. The Morgan fingerprint density at radius 2 is 2.31 bits per heavy atom. The fourth-order valence-corrected chi connectivity index (χ4v) is 1.34. The van der Waals surface area contributed by atoms with Crippen LogP contribution in [0.5, 0.6) is 5.75 Å². The molecular weight excluding hydrogens is 234 g/mol. The lowest BCUT2D eigenvalue weighted by Gasteiger charge is -2.06. The van der Waals surface area contributed by atoms with Gasteiger partial charge in [0, 0.05) is 12.1 Å². The third-order valence-corrected chi connectivity index (χ3v) is 2.22. The van der Waals surface area contributed by atoms with Crippen LogP contribution in [0.4, 0.5) is 0 Å². The molecule has 0 heterocycles. The Labute approximate surface area is 85.8 Å². The first-order valence-corrected chi connectivity index (χ1v) is 4.86. The lowest BCUT2D eigenvalue weighted by Crippen LogP contribution is -2.13. The van der Waals surface area contributed by atoms with Crippen molar-refractivity contribution in [2.45, 2.75) is 13.5 Å². The molecule has 1 rings (SSSR count). The summed E-state index contributed by atoms with van der Waals surface area (Å²) < 4.78 is 0.697. The maximum Gasteiger partial charge on any atom is 0.134 e. The van der Waals surface area contributed by atoms with Crippen LogP contribution in [-0.2, 0) is 11.4 Å². The second-order valence-electron chi connectivity index (χ2n) is 2.50. The molecule has 0 aliphatic heterocycles. The molecule has 0 unspecified atom stereocenters. The minimum Gasteiger partial charge on any atom is -0.506 e. The fourth-order valence-electron chi connectivity index (χ4n) is 0.933. The summed E-state index contributed by atoms with van der Waals surface area (Å²) in [6, 6.07) is 5.50. The summed E-state index contributed by atoms with van der Waals surface area (Å²) in [5.74, 6) is 0.259. The SMILES string of the molecule is CCONCc1cccc(Br)c1O. The summed E-state index contributed by atoms with van der Waals surface area (Å²) in [5.41, 5.74) is 3.55. The normalized spacial score (nSPS) is 10.3. The third-order valence-electron chi connectivity index (χ3n) is 1.58. The van der Waals surface area contributed by atoms with Crippen LogP contribution in [0.1, 0.15) is 12.5 Å². The van der Waals surface area contributed by atoms with Gasteiger partial charge in [0.05, 0.1) is 11.1 Å². The number of hydroxylamine groups is 1. The van der Waals surface area contributed by atoms with Gasteiger partial charge in [0.15, 0.2) is 0 Å². The van der Waals surface area contributed by atoms with Crippen molar-refractivity contribution >= 4 is 15.9 Å². The van der Waals surface area contributed by atoms with Gasteiger partial charge in [-0.3, -0.25) is 0 Å². The standard InChI is InChI=1S/C9H12BrNO2/c1-2-13-11-6-7-4-3-5-8(10)9(7)12/h3-5,11-12H,2,6H2,1H3. The van der Waals surface area contributed by atoms with Gasteiger partial charge in [0.25, 0.3) is 0 Å². The van der Waals surface area contributed by atoms with E-state index in [0.29, 0.717) is 17.6 Å². The molecule has 0 saturated heterocycles. The van der Waals surface area contributed by atoms with E-state index < -0.39 is 0 Å². The molecule has 2 N–H and O–H groups in total. The second-order valence-corrected chi connectivity index (χ2v) is 3.36. The summed E-state index contributed by atoms with van der Waals surface area (Å²) in [6.45, 7) is 3.00. The van der Waals surface area contributed by atoms with Crippen LogP contribution >= 0.6 is 15.9 Å². The molecule has 0 amide bonds. The first-order chi connectivity index (χ1) is 6.25. The van der Waals surface area contributed by atoms with E-state index in [1.165, 1.54) is 0 Å². The van der Waals surface area contributed by atoms with Crippen molar-refractivity contribution in [2.24, 2.45) is 0 Å². The minimum atomic E-state index is 0.259. The Morgan fingerprint density at radius 1 is 1.54 bits per heavy atom. The Balaban J connectivity index is 2.61. The van der Waals surface area contributed by atoms with Gasteiger partial charge < -0.3 is 9.94 Å². The topological polar surface area (TPSA) is 41.5 Å². The first-order valence-electron chi connectivity index (χ1n) is 4.06. The highest BCUT2D eigenvalue weighted by molar-refractivity contribution is 9.10. The molecule has 0 spiro atoms. The Morgan fingerprint density at radius 3 is 3.00 bits per heavy atom. The molecule has 0 aliphatic carbocycles. The number of phenols is 1. The summed E-state index contributed by atoms with van der Waals surface area (Å²) in [6.07, 6.45) is 0. The molecule has 0 radical (unpaired) electrons. The van der Waals surface area contributed by atoms with Crippen molar-refractivity contribution in [1.82, 2.24) is 5.48 Å². The third kappa shape index (κ3) is 2.99. The highest BCUT2D eigenvalue weighted by Crippen LogP contribution is 2.26. The number of nitrogens with one attached hydrogen (secondary N) is 1. The van der Waals surface area contributed by atoms with Crippen molar-refractivity contribution in [3.05, 3.63) is 28.2 Å². The molecule has 4 heteroatoms. The zero-order valence-corrected chi connectivity index (χ0v) is 8.97. The van der Waals surface area contributed by atoms with Crippen LogP contribution < -0.4 is 5.48 Å². The number of phenolic OH excluding ortho intramolecular Hbond substituents is 1. The molecule has 1 aromatic rings. The van der Waals surface area contributed by atoms with Gasteiger partial charge in [0.1, 0.15) is 5.75 Å².